The Morgan fingerprint density at radius 2 is 1.85 bits per heavy atom. The third kappa shape index (κ3) is 5.49. The molecule has 0 fully saturated rings. The molecule has 114 valence electrons. The summed E-state index contributed by atoms with van der Waals surface area (Å²) in [6.07, 6.45) is 3.03. The molecule has 1 aromatic heterocycles. The molecule has 1 heterocycles. The van der Waals surface area contributed by atoms with Crippen LogP contribution in [-0.2, 0) is 6.54 Å². The highest BCUT2D eigenvalue weighted by molar-refractivity contribution is 5.43. The van der Waals surface area contributed by atoms with Gasteiger partial charge in [-0.3, -0.25) is 0 Å². The number of rotatable bonds is 9. The quantitative estimate of drug-likeness (QED) is 0.672. The highest BCUT2D eigenvalue weighted by Gasteiger charge is 2.17. The predicted octanol–water partition coefficient (Wildman–Crippen LogP) is 3.92. The van der Waals surface area contributed by atoms with E-state index in [-0.39, 0.29) is 0 Å². The predicted molar refractivity (Wildman–Crippen MR) is 87.9 cm³/mol. The Morgan fingerprint density at radius 3 is 2.45 bits per heavy atom. The molecule has 0 aliphatic rings. The van der Waals surface area contributed by atoms with Crippen LogP contribution >= 0.6 is 0 Å². The molecule has 3 nitrogen and oxygen atoms in total. The third-order valence-corrected chi connectivity index (χ3v) is 3.85. The Bertz CT molecular complexity index is 366. The van der Waals surface area contributed by atoms with Crippen LogP contribution in [0.15, 0.2) is 18.3 Å². The van der Waals surface area contributed by atoms with Crippen LogP contribution in [0.3, 0.4) is 0 Å². The summed E-state index contributed by atoms with van der Waals surface area (Å²) >= 11 is 0. The molecule has 0 saturated carbocycles. The summed E-state index contributed by atoms with van der Waals surface area (Å²) in [5.74, 6) is 3.08. The van der Waals surface area contributed by atoms with Crippen LogP contribution in [0, 0.1) is 17.8 Å². The van der Waals surface area contributed by atoms with Gasteiger partial charge in [-0.15, -0.1) is 0 Å². The molecule has 20 heavy (non-hydrogen) atoms. The highest BCUT2D eigenvalue weighted by Crippen LogP contribution is 2.21. The van der Waals surface area contributed by atoms with E-state index in [1.807, 2.05) is 12.3 Å². The molecule has 0 amide bonds. The molecule has 1 aromatic rings. The fourth-order valence-corrected chi connectivity index (χ4v) is 2.60. The molecule has 0 radical (unpaired) electrons. The van der Waals surface area contributed by atoms with E-state index in [0.29, 0.717) is 17.8 Å². The molecule has 0 aliphatic carbocycles. The normalized spacial score (nSPS) is 11.6. The van der Waals surface area contributed by atoms with Gasteiger partial charge in [-0.05, 0) is 36.8 Å². The van der Waals surface area contributed by atoms with Gasteiger partial charge in [-0.25, -0.2) is 4.98 Å². The number of pyridine rings is 1. The number of nitrogens with one attached hydrogen (secondary N) is 2. The number of nitrogens with zero attached hydrogens (tertiary/aromatic N) is 1. The number of aromatic nitrogens is 1. The van der Waals surface area contributed by atoms with Crippen molar-refractivity contribution < 1.29 is 0 Å². The lowest BCUT2D eigenvalue weighted by Gasteiger charge is -2.25. The summed E-state index contributed by atoms with van der Waals surface area (Å²) in [6.45, 7) is 14.3. The first-order chi connectivity index (χ1) is 9.56. The minimum atomic E-state index is 0.674. The zero-order chi connectivity index (χ0) is 15.0. The molecule has 0 bridgehead atoms. The summed E-state index contributed by atoms with van der Waals surface area (Å²) < 4.78 is 0. The summed E-state index contributed by atoms with van der Waals surface area (Å²) in [5.41, 5.74) is 1.26. The second-order valence-electron chi connectivity index (χ2n) is 6.22. The Kier molecular flexibility index (Phi) is 7.60. The Morgan fingerprint density at radius 1 is 1.15 bits per heavy atom. The first-order valence-corrected chi connectivity index (χ1v) is 7.94. The van der Waals surface area contributed by atoms with E-state index in [1.165, 1.54) is 5.56 Å². The SMILES string of the molecule is CCCNCc1cccnc1NCC(C(C)C)C(C)C. The van der Waals surface area contributed by atoms with Crippen molar-refractivity contribution in [1.82, 2.24) is 10.3 Å². The van der Waals surface area contributed by atoms with E-state index < -0.39 is 0 Å². The molecule has 3 heteroatoms. The fourth-order valence-electron chi connectivity index (χ4n) is 2.60. The van der Waals surface area contributed by atoms with Gasteiger partial charge in [0.2, 0.25) is 0 Å². The van der Waals surface area contributed by atoms with Crippen molar-refractivity contribution >= 4 is 5.82 Å². The Balaban J connectivity index is 2.62. The van der Waals surface area contributed by atoms with Crippen molar-refractivity contribution in [1.29, 1.82) is 0 Å². The summed E-state index contributed by atoms with van der Waals surface area (Å²) in [5, 5.41) is 7.00. The second kappa shape index (κ2) is 8.96. The lowest BCUT2D eigenvalue weighted by atomic mass is 9.85. The maximum atomic E-state index is 4.50. The molecule has 0 atom stereocenters. The van der Waals surface area contributed by atoms with Crippen molar-refractivity contribution in [3.05, 3.63) is 23.9 Å². The fraction of sp³-hybridized carbons (Fsp3) is 0.706. The largest absolute Gasteiger partial charge is 0.370 e. The lowest BCUT2D eigenvalue weighted by Crippen LogP contribution is -2.25. The van der Waals surface area contributed by atoms with E-state index >= 15 is 0 Å². The summed E-state index contributed by atoms with van der Waals surface area (Å²) in [6, 6.07) is 4.16. The van der Waals surface area contributed by atoms with Gasteiger partial charge in [0, 0.05) is 24.8 Å². The molecule has 0 aromatic carbocycles. The maximum Gasteiger partial charge on any atom is 0.130 e. The van der Waals surface area contributed by atoms with Crippen LogP contribution in [0.4, 0.5) is 5.82 Å². The monoisotopic (exact) mass is 277 g/mol. The smallest absolute Gasteiger partial charge is 0.130 e. The average molecular weight is 277 g/mol. The summed E-state index contributed by atoms with van der Waals surface area (Å²) in [4.78, 5) is 4.50. The molecule has 0 saturated heterocycles. The topological polar surface area (TPSA) is 37.0 Å². The van der Waals surface area contributed by atoms with E-state index in [2.05, 4.69) is 56.3 Å². The van der Waals surface area contributed by atoms with Gasteiger partial charge in [0.25, 0.3) is 0 Å². The molecular weight excluding hydrogens is 246 g/mol. The van der Waals surface area contributed by atoms with Crippen LogP contribution in [0.5, 0.6) is 0 Å². The zero-order valence-corrected chi connectivity index (χ0v) is 13.7. The molecule has 1 rings (SSSR count). The van der Waals surface area contributed by atoms with Gasteiger partial charge < -0.3 is 10.6 Å². The maximum absolute atomic E-state index is 4.50. The van der Waals surface area contributed by atoms with Gasteiger partial charge in [0.05, 0.1) is 0 Å². The first-order valence-electron chi connectivity index (χ1n) is 7.94. The number of hydrogen-bond acceptors (Lipinski definition) is 3. The molecule has 2 N–H and O–H groups in total. The van der Waals surface area contributed by atoms with Crippen LogP contribution < -0.4 is 10.6 Å². The van der Waals surface area contributed by atoms with Crippen LogP contribution in [0.1, 0.15) is 46.6 Å². The van der Waals surface area contributed by atoms with Crippen molar-refractivity contribution in [2.45, 2.75) is 47.6 Å². The minimum Gasteiger partial charge on any atom is -0.370 e. The Labute approximate surface area is 124 Å². The van der Waals surface area contributed by atoms with Gasteiger partial charge in [-0.1, -0.05) is 40.7 Å². The number of hydrogen-bond donors (Lipinski definition) is 2. The van der Waals surface area contributed by atoms with Gasteiger partial charge in [0.1, 0.15) is 5.82 Å². The van der Waals surface area contributed by atoms with E-state index in [4.69, 9.17) is 0 Å². The standard InChI is InChI=1S/C17H31N3/c1-6-9-18-11-15-8-7-10-19-17(15)20-12-16(13(2)3)14(4)5/h7-8,10,13-14,16,18H,6,9,11-12H2,1-5H3,(H,19,20). The highest BCUT2D eigenvalue weighted by atomic mass is 15.0. The Hall–Kier alpha value is -1.09. The van der Waals surface area contributed by atoms with Crippen molar-refractivity contribution in [3.8, 4) is 0 Å². The second-order valence-corrected chi connectivity index (χ2v) is 6.22. The van der Waals surface area contributed by atoms with E-state index in [1.54, 1.807) is 0 Å². The lowest BCUT2D eigenvalue weighted by molar-refractivity contribution is 0.304. The van der Waals surface area contributed by atoms with Crippen molar-refractivity contribution in [2.24, 2.45) is 17.8 Å². The summed E-state index contributed by atoms with van der Waals surface area (Å²) in [7, 11) is 0. The minimum absolute atomic E-state index is 0.674. The van der Waals surface area contributed by atoms with Gasteiger partial charge >= 0.3 is 0 Å². The third-order valence-electron chi connectivity index (χ3n) is 3.85. The molecule has 0 aliphatic heterocycles. The average Bonchev–Trinajstić information content (AvgIpc) is 2.40. The van der Waals surface area contributed by atoms with Crippen molar-refractivity contribution in [3.63, 3.8) is 0 Å². The van der Waals surface area contributed by atoms with E-state index in [0.717, 1.165) is 31.9 Å². The molecular formula is C17H31N3. The van der Waals surface area contributed by atoms with Gasteiger partial charge in [-0.2, -0.15) is 0 Å². The van der Waals surface area contributed by atoms with Crippen LogP contribution in [-0.4, -0.2) is 18.1 Å². The van der Waals surface area contributed by atoms with Crippen LogP contribution in [0.2, 0.25) is 0 Å². The molecule has 0 unspecified atom stereocenters. The molecule has 0 spiro atoms. The number of anilines is 1. The van der Waals surface area contributed by atoms with Crippen molar-refractivity contribution in [2.75, 3.05) is 18.4 Å². The van der Waals surface area contributed by atoms with Crippen LogP contribution in [0.25, 0.3) is 0 Å². The van der Waals surface area contributed by atoms with E-state index in [9.17, 15) is 0 Å². The first kappa shape index (κ1) is 17.0. The zero-order valence-electron chi connectivity index (χ0n) is 13.7. The van der Waals surface area contributed by atoms with Gasteiger partial charge in [0.15, 0.2) is 0 Å².